The van der Waals surface area contributed by atoms with Crippen molar-refractivity contribution < 1.29 is 0 Å². The number of hydrogen-bond donors (Lipinski definition) is 1. The number of aryl methyl sites for hydroxylation is 1. The predicted molar refractivity (Wildman–Crippen MR) is 64.2 cm³/mol. The summed E-state index contributed by atoms with van der Waals surface area (Å²) in [5.74, 6) is 0.885. The molecule has 0 aliphatic carbocycles. The van der Waals surface area contributed by atoms with Gasteiger partial charge >= 0.3 is 0 Å². The lowest BCUT2D eigenvalue weighted by molar-refractivity contribution is 1.11. The van der Waals surface area contributed by atoms with Crippen LogP contribution in [0.25, 0.3) is 10.6 Å². The third-order valence-corrected chi connectivity index (χ3v) is 3.16. The van der Waals surface area contributed by atoms with Gasteiger partial charge < -0.3 is 5.32 Å². The maximum absolute atomic E-state index is 4.28. The Bertz CT molecular complexity index is 451. The fourth-order valence-electron chi connectivity index (χ4n) is 1.39. The molecule has 78 valence electrons. The molecule has 15 heavy (non-hydrogen) atoms. The highest BCUT2D eigenvalue weighted by Gasteiger charge is 2.05. The van der Waals surface area contributed by atoms with Crippen molar-refractivity contribution in [1.82, 2.24) is 9.97 Å². The van der Waals surface area contributed by atoms with E-state index in [1.807, 2.05) is 6.07 Å². The highest BCUT2D eigenvalue weighted by atomic mass is 32.1. The van der Waals surface area contributed by atoms with Gasteiger partial charge in [-0.2, -0.15) is 0 Å². The summed E-state index contributed by atoms with van der Waals surface area (Å²) in [6.45, 7) is 5.03. The van der Waals surface area contributed by atoms with Gasteiger partial charge in [0.25, 0.3) is 0 Å². The molecule has 0 fully saturated rings. The van der Waals surface area contributed by atoms with Crippen LogP contribution in [0.4, 0.5) is 5.82 Å². The molecule has 2 rings (SSSR count). The van der Waals surface area contributed by atoms with Gasteiger partial charge in [0.1, 0.15) is 12.1 Å². The minimum atomic E-state index is 0.875. The summed E-state index contributed by atoms with van der Waals surface area (Å²) in [6.07, 6.45) is 1.60. The highest BCUT2D eigenvalue weighted by Crippen LogP contribution is 2.27. The van der Waals surface area contributed by atoms with Crippen molar-refractivity contribution in [3.63, 3.8) is 0 Å². The summed E-state index contributed by atoms with van der Waals surface area (Å²) in [4.78, 5) is 9.65. The standard InChI is InChI=1S/C11H13N3S/c1-3-12-10-6-9(13-7-14-10)11-8(2)4-5-15-11/h4-7H,3H2,1-2H3,(H,12,13,14). The van der Waals surface area contributed by atoms with E-state index in [1.54, 1.807) is 17.7 Å². The molecule has 0 aromatic carbocycles. The molecule has 2 aromatic heterocycles. The van der Waals surface area contributed by atoms with E-state index in [0.717, 1.165) is 18.1 Å². The van der Waals surface area contributed by atoms with Crippen LogP contribution in [0, 0.1) is 6.92 Å². The van der Waals surface area contributed by atoms with E-state index < -0.39 is 0 Å². The summed E-state index contributed by atoms with van der Waals surface area (Å²) >= 11 is 1.71. The number of aromatic nitrogens is 2. The molecule has 0 amide bonds. The topological polar surface area (TPSA) is 37.8 Å². The van der Waals surface area contributed by atoms with Gasteiger partial charge in [0, 0.05) is 12.6 Å². The average molecular weight is 219 g/mol. The number of thiophene rings is 1. The molecular formula is C11H13N3S. The van der Waals surface area contributed by atoms with Gasteiger partial charge in [0.15, 0.2) is 0 Å². The largest absolute Gasteiger partial charge is 0.370 e. The van der Waals surface area contributed by atoms with Crippen LogP contribution in [0.1, 0.15) is 12.5 Å². The van der Waals surface area contributed by atoms with Gasteiger partial charge in [-0.05, 0) is 30.9 Å². The normalized spacial score (nSPS) is 10.3. The molecule has 0 radical (unpaired) electrons. The van der Waals surface area contributed by atoms with Gasteiger partial charge in [-0.3, -0.25) is 0 Å². The summed E-state index contributed by atoms with van der Waals surface area (Å²) in [5, 5.41) is 5.27. The smallest absolute Gasteiger partial charge is 0.129 e. The Morgan fingerprint density at radius 2 is 2.27 bits per heavy atom. The van der Waals surface area contributed by atoms with Crippen molar-refractivity contribution in [2.75, 3.05) is 11.9 Å². The number of hydrogen-bond acceptors (Lipinski definition) is 4. The lowest BCUT2D eigenvalue weighted by Crippen LogP contribution is -1.99. The molecule has 3 nitrogen and oxygen atoms in total. The molecule has 0 saturated carbocycles. The minimum absolute atomic E-state index is 0.875. The van der Waals surface area contributed by atoms with E-state index in [2.05, 4.69) is 40.6 Å². The first-order valence-electron chi connectivity index (χ1n) is 4.91. The summed E-state index contributed by atoms with van der Waals surface area (Å²) in [5.41, 5.74) is 2.26. The maximum Gasteiger partial charge on any atom is 0.129 e. The van der Waals surface area contributed by atoms with Crippen LogP contribution in [0.3, 0.4) is 0 Å². The fourth-order valence-corrected chi connectivity index (χ4v) is 2.29. The van der Waals surface area contributed by atoms with E-state index >= 15 is 0 Å². The van der Waals surface area contributed by atoms with Gasteiger partial charge in [-0.1, -0.05) is 0 Å². The Hall–Kier alpha value is -1.42. The van der Waals surface area contributed by atoms with Crippen LogP contribution >= 0.6 is 11.3 Å². The summed E-state index contributed by atoms with van der Waals surface area (Å²) in [6, 6.07) is 4.09. The summed E-state index contributed by atoms with van der Waals surface area (Å²) < 4.78 is 0. The zero-order chi connectivity index (χ0) is 10.7. The van der Waals surface area contributed by atoms with Crippen LogP contribution < -0.4 is 5.32 Å². The zero-order valence-corrected chi connectivity index (χ0v) is 9.64. The molecule has 0 aliphatic heterocycles. The second-order valence-electron chi connectivity index (χ2n) is 3.25. The molecule has 0 spiro atoms. The third-order valence-electron chi connectivity index (χ3n) is 2.12. The molecule has 0 atom stereocenters. The maximum atomic E-state index is 4.28. The van der Waals surface area contributed by atoms with Crippen molar-refractivity contribution >= 4 is 17.2 Å². The van der Waals surface area contributed by atoms with E-state index in [-0.39, 0.29) is 0 Å². The van der Waals surface area contributed by atoms with Crippen LogP contribution in [0.15, 0.2) is 23.8 Å². The Labute approximate surface area is 93.2 Å². The fraction of sp³-hybridized carbons (Fsp3) is 0.273. The van der Waals surface area contributed by atoms with Crippen molar-refractivity contribution in [3.8, 4) is 10.6 Å². The lowest BCUT2D eigenvalue weighted by Gasteiger charge is -2.03. The molecule has 1 N–H and O–H groups in total. The monoisotopic (exact) mass is 219 g/mol. The van der Waals surface area contributed by atoms with Crippen molar-refractivity contribution in [2.45, 2.75) is 13.8 Å². The molecule has 4 heteroatoms. The average Bonchev–Trinajstić information content (AvgIpc) is 2.65. The van der Waals surface area contributed by atoms with Crippen molar-refractivity contribution in [1.29, 1.82) is 0 Å². The Morgan fingerprint density at radius 3 is 2.93 bits per heavy atom. The second-order valence-corrected chi connectivity index (χ2v) is 4.17. The van der Waals surface area contributed by atoms with Crippen LogP contribution in [-0.4, -0.2) is 16.5 Å². The Balaban J connectivity index is 2.37. The quantitative estimate of drug-likeness (QED) is 0.862. The van der Waals surface area contributed by atoms with Gasteiger partial charge in [0.2, 0.25) is 0 Å². The first-order valence-corrected chi connectivity index (χ1v) is 5.79. The first kappa shape index (κ1) is 10.1. The van der Waals surface area contributed by atoms with Crippen molar-refractivity contribution in [3.05, 3.63) is 29.4 Å². The second kappa shape index (κ2) is 4.40. The number of nitrogens with zero attached hydrogens (tertiary/aromatic N) is 2. The zero-order valence-electron chi connectivity index (χ0n) is 8.82. The van der Waals surface area contributed by atoms with Gasteiger partial charge in [-0.25, -0.2) is 9.97 Å². The first-order chi connectivity index (χ1) is 7.31. The molecule has 2 aromatic rings. The molecule has 2 heterocycles. The SMILES string of the molecule is CCNc1cc(-c2sccc2C)ncn1. The molecule has 0 bridgehead atoms. The predicted octanol–water partition coefficient (Wildman–Crippen LogP) is 2.95. The molecular weight excluding hydrogens is 206 g/mol. The van der Waals surface area contributed by atoms with E-state index in [1.165, 1.54) is 10.4 Å². The Morgan fingerprint density at radius 1 is 1.40 bits per heavy atom. The lowest BCUT2D eigenvalue weighted by atomic mass is 10.2. The van der Waals surface area contributed by atoms with E-state index in [9.17, 15) is 0 Å². The number of rotatable bonds is 3. The Kier molecular flexibility index (Phi) is 2.97. The summed E-state index contributed by atoms with van der Waals surface area (Å²) in [7, 11) is 0. The third kappa shape index (κ3) is 2.15. The molecule has 0 unspecified atom stereocenters. The molecule has 0 saturated heterocycles. The number of nitrogens with one attached hydrogen (secondary N) is 1. The van der Waals surface area contributed by atoms with E-state index in [4.69, 9.17) is 0 Å². The van der Waals surface area contributed by atoms with Gasteiger partial charge in [0.05, 0.1) is 10.6 Å². The number of anilines is 1. The highest BCUT2D eigenvalue weighted by molar-refractivity contribution is 7.13. The minimum Gasteiger partial charge on any atom is -0.370 e. The van der Waals surface area contributed by atoms with Crippen molar-refractivity contribution in [2.24, 2.45) is 0 Å². The van der Waals surface area contributed by atoms with Gasteiger partial charge in [-0.15, -0.1) is 11.3 Å². The van der Waals surface area contributed by atoms with Crippen LogP contribution in [0.2, 0.25) is 0 Å². The van der Waals surface area contributed by atoms with Crippen LogP contribution in [0.5, 0.6) is 0 Å². The molecule has 0 aliphatic rings. The van der Waals surface area contributed by atoms with E-state index in [0.29, 0.717) is 0 Å². The van der Waals surface area contributed by atoms with Crippen LogP contribution in [-0.2, 0) is 0 Å².